The summed E-state index contributed by atoms with van der Waals surface area (Å²) in [4.78, 5) is 0. The van der Waals surface area contributed by atoms with Gasteiger partial charge in [0.25, 0.3) is 0 Å². The van der Waals surface area contributed by atoms with Crippen LogP contribution < -0.4 is 10.5 Å². The van der Waals surface area contributed by atoms with Crippen molar-refractivity contribution in [2.45, 2.75) is 32.1 Å². The number of nitrogens with one attached hydrogen (secondary N) is 2. The molecule has 1 aliphatic rings. The van der Waals surface area contributed by atoms with Gasteiger partial charge in [-0.25, -0.2) is 8.42 Å². The third-order valence-electron chi connectivity index (χ3n) is 2.67. The molecule has 1 radical (unpaired) electrons. The molecule has 1 saturated carbocycles. The van der Waals surface area contributed by atoms with E-state index in [1.165, 1.54) is 25.7 Å². The molecule has 4 nitrogen and oxygen atoms in total. The van der Waals surface area contributed by atoms with Gasteiger partial charge in [-0.1, -0.05) is 12.8 Å². The van der Waals surface area contributed by atoms with Crippen molar-refractivity contribution in [3.63, 3.8) is 0 Å². The Morgan fingerprint density at radius 2 is 1.93 bits per heavy atom. The van der Waals surface area contributed by atoms with Crippen molar-refractivity contribution in [3.8, 4) is 0 Å². The molecule has 0 heterocycles. The van der Waals surface area contributed by atoms with Gasteiger partial charge in [-0.15, -0.1) is 5.14 Å². The van der Waals surface area contributed by atoms with E-state index in [4.69, 9.17) is 5.14 Å². The zero-order valence-corrected chi connectivity index (χ0v) is 9.28. The third kappa shape index (κ3) is 5.57. The van der Waals surface area contributed by atoms with Gasteiger partial charge in [-0.2, -0.15) is 0 Å². The monoisotopic (exact) mass is 219 g/mol. The van der Waals surface area contributed by atoms with E-state index in [1.807, 2.05) is 0 Å². The standard InChI is InChI=1S/C9H19N2O2S/c10-14(12,13)7-3-6-11-8-9-4-1-2-5-9/h9-11H,1-8H2. The highest BCUT2D eigenvalue weighted by molar-refractivity contribution is 7.88. The van der Waals surface area contributed by atoms with Crippen LogP contribution in [0, 0.1) is 5.92 Å². The number of rotatable bonds is 6. The predicted molar refractivity (Wildman–Crippen MR) is 56.3 cm³/mol. The molecule has 2 N–H and O–H groups in total. The first-order valence-electron chi connectivity index (χ1n) is 5.26. The molecule has 0 aromatic carbocycles. The van der Waals surface area contributed by atoms with Crippen LogP contribution >= 0.6 is 0 Å². The summed E-state index contributed by atoms with van der Waals surface area (Å²) in [6.07, 6.45) is 5.85. The van der Waals surface area contributed by atoms with Crippen molar-refractivity contribution >= 4 is 10.0 Å². The van der Waals surface area contributed by atoms with Crippen LogP contribution in [0.15, 0.2) is 0 Å². The van der Waals surface area contributed by atoms with E-state index in [-0.39, 0.29) is 5.75 Å². The van der Waals surface area contributed by atoms with Crippen molar-refractivity contribution in [3.05, 3.63) is 0 Å². The van der Waals surface area contributed by atoms with E-state index in [1.54, 1.807) is 0 Å². The Kier molecular flexibility index (Phi) is 4.84. The van der Waals surface area contributed by atoms with E-state index in [0.717, 1.165) is 12.5 Å². The number of hydrogen-bond donors (Lipinski definition) is 1. The molecule has 14 heavy (non-hydrogen) atoms. The van der Waals surface area contributed by atoms with Crippen molar-refractivity contribution < 1.29 is 8.42 Å². The lowest BCUT2D eigenvalue weighted by atomic mass is 10.1. The maximum atomic E-state index is 10.5. The van der Waals surface area contributed by atoms with Crippen molar-refractivity contribution in [1.82, 2.24) is 10.5 Å². The molecule has 1 rings (SSSR count). The summed E-state index contributed by atoms with van der Waals surface area (Å²) >= 11 is 0. The van der Waals surface area contributed by atoms with Gasteiger partial charge in [0.05, 0.1) is 5.75 Å². The second-order valence-corrected chi connectivity index (χ2v) is 5.66. The molecular formula is C9H19N2O2S. The Labute approximate surface area is 86.3 Å². The summed E-state index contributed by atoms with van der Waals surface area (Å²) in [6.45, 7) is 1.73. The quantitative estimate of drug-likeness (QED) is 0.671. The maximum Gasteiger partial charge on any atom is 0.225 e. The smallest absolute Gasteiger partial charge is 0.225 e. The Hall–Kier alpha value is -0.130. The van der Waals surface area contributed by atoms with Gasteiger partial charge in [-0.05, 0) is 38.3 Å². The largest absolute Gasteiger partial charge is 0.316 e. The maximum absolute atomic E-state index is 10.5. The van der Waals surface area contributed by atoms with E-state index in [9.17, 15) is 8.42 Å². The molecule has 1 aliphatic carbocycles. The van der Waals surface area contributed by atoms with Gasteiger partial charge in [0.15, 0.2) is 0 Å². The summed E-state index contributed by atoms with van der Waals surface area (Å²) in [6, 6.07) is 0. The van der Waals surface area contributed by atoms with Crippen LogP contribution in [0.2, 0.25) is 0 Å². The topological polar surface area (TPSA) is 70.0 Å². The lowest BCUT2D eigenvalue weighted by Gasteiger charge is -2.09. The molecule has 0 atom stereocenters. The Morgan fingerprint density at radius 1 is 1.29 bits per heavy atom. The predicted octanol–water partition coefficient (Wildman–Crippen LogP) is 0.769. The fraction of sp³-hybridized carbons (Fsp3) is 1.00. The highest BCUT2D eigenvalue weighted by Crippen LogP contribution is 2.23. The first kappa shape index (κ1) is 11.9. The molecule has 83 valence electrons. The molecule has 0 saturated heterocycles. The van der Waals surface area contributed by atoms with Crippen LogP contribution in [-0.2, 0) is 10.0 Å². The second-order valence-electron chi connectivity index (χ2n) is 4.03. The summed E-state index contributed by atoms with van der Waals surface area (Å²) in [5.41, 5.74) is 0. The number of hydrogen-bond acceptors (Lipinski definition) is 3. The molecule has 0 aliphatic heterocycles. The van der Waals surface area contributed by atoms with E-state index in [2.05, 4.69) is 5.32 Å². The van der Waals surface area contributed by atoms with Crippen LogP contribution in [0.3, 0.4) is 0 Å². The summed E-state index contributed by atoms with van der Waals surface area (Å²) in [5, 5.41) is 9.93. The Morgan fingerprint density at radius 3 is 2.50 bits per heavy atom. The zero-order chi connectivity index (χ0) is 10.4. The fourth-order valence-electron chi connectivity index (χ4n) is 1.91. The minimum atomic E-state index is -3.51. The second kappa shape index (κ2) is 5.68. The van der Waals surface area contributed by atoms with Crippen LogP contribution in [0.5, 0.6) is 0 Å². The molecule has 0 aromatic heterocycles. The van der Waals surface area contributed by atoms with Gasteiger partial charge >= 0.3 is 0 Å². The Bertz CT molecular complexity index is 246. The van der Waals surface area contributed by atoms with Crippen LogP contribution in [0.25, 0.3) is 0 Å². The van der Waals surface area contributed by atoms with Crippen molar-refractivity contribution in [2.75, 3.05) is 18.8 Å². The normalized spacial score (nSPS) is 18.9. The van der Waals surface area contributed by atoms with Gasteiger partial charge in [-0.3, -0.25) is 0 Å². The lowest BCUT2D eigenvalue weighted by molar-refractivity contribution is 0.489. The Balaban J connectivity index is 1.94. The molecule has 5 heteroatoms. The SMILES string of the molecule is [NH]S(=O)(=O)CCCNCC1CCCC1. The molecule has 0 unspecified atom stereocenters. The minimum absolute atomic E-state index is 0.0231. The number of sulfonamides is 1. The van der Waals surface area contributed by atoms with Gasteiger partial charge in [0.2, 0.25) is 10.0 Å². The summed E-state index contributed by atoms with van der Waals surface area (Å²) in [5.74, 6) is 0.771. The molecule has 0 amide bonds. The average molecular weight is 219 g/mol. The highest BCUT2D eigenvalue weighted by atomic mass is 32.2. The van der Waals surface area contributed by atoms with E-state index >= 15 is 0 Å². The lowest BCUT2D eigenvalue weighted by Crippen LogP contribution is -2.24. The summed E-state index contributed by atoms with van der Waals surface area (Å²) < 4.78 is 21.0. The van der Waals surface area contributed by atoms with Crippen LogP contribution in [0.4, 0.5) is 0 Å². The minimum Gasteiger partial charge on any atom is -0.316 e. The van der Waals surface area contributed by atoms with E-state index in [0.29, 0.717) is 13.0 Å². The first-order valence-corrected chi connectivity index (χ1v) is 6.91. The first-order chi connectivity index (χ1) is 6.58. The molecule has 0 aromatic rings. The van der Waals surface area contributed by atoms with Crippen LogP contribution in [-0.4, -0.2) is 27.3 Å². The fourth-order valence-corrected chi connectivity index (χ4v) is 2.43. The molecular weight excluding hydrogens is 200 g/mol. The van der Waals surface area contributed by atoms with Gasteiger partial charge < -0.3 is 5.32 Å². The molecule has 0 spiro atoms. The molecule has 1 fully saturated rings. The van der Waals surface area contributed by atoms with Gasteiger partial charge in [0.1, 0.15) is 0 Å². The van der Waals surface area contributed by atoms with Gasteiger partial charge in [0, 0.05) is 0 Å². The third-order valence-corrected chi connectivity index (χ3v) is 3.50. The van der Waals surface area contributed by atoms with Crippen molar-refractivity contribution in [1.29, 1.82) is 0 Å². The van der Waals surface area contributed by atoms with Crippen molar-refractivity contribution in [2.24, 2.45) is 5.92 Å². The zero-order valence-electron chi connectivity index (χ0n) is 8.46. The average Bonchev–Trinajstić information content (AvgIpc) is 2.54. The molecule has 0 bridgehead atoms. The summed E-state index contributed by atoms with van der Waals surface area (Å²) in [7, 11) is -3.51. The highest BCUT2D eigenvalue weighted by Gasteiger charge is 2.13. The van der Waals surface area contributed by atoms with E-state index < -0.39 is 10.0 Å². The van der Waals surface area contributed by atoms with Crippen LogP contribution in [0.1, 0.15) is 32.1 Å².